The van der Waals surface area contributed by atoms with Gasteiger partial charge >= 0.3 is 0 Å². The van der Waals surface area contributed by atoms with Gasteiger partial charge in [-0.1, -0.05) is 44.2 Å². The summed E-state index contributed by atoms with van der Waals surface area (Å²) in [6.07, 6.45) is 5.78. The van der Waals surface area contributed by atoms with E-state index in [1.165, 1.54) is 5.56 Å². The van der Waals surface area contributed by atoms with Crippen LogP contribution in [0.1, 0.15) is 32.3 Å². The molecule has 0 aliphatic rings. The lowest BCUT2D eigenvalue weighted by molar-refractivity contribution is 0.127. The second-order valence-electron chi connectivity index (χ2n) is 5.63. The zero-order valence-electron chi connectivity index (χ0n) is 12.9. The van der Waals surface area contributed by atoms with Crippen molar-refractivity contribution in [2.45, 2.75) is 33.2 Å². The maximum atomic E-state index is 9.59. The third-order valence-corrected chi connectivity index (χ3v) is 4.32. The number of hydrogen-bond acceptors (Lipinski definition) is 3. The number of anilines is 1. The molecule has 1 aromatic heterocycles. The molecule has 0 unspecified atom stereocenters. The minimum atomic E-state index is -0.0401. The monoisotopic (exact) mass is 287 g/mol. The Hall–Kier alpha value is -1.81. The summed E-state index contributed by atoms with van der Waals surface area (Å²) in [6, 6.07) is 10.3. The largest absolute Gasteiger partial charge is 0.396 e. The first-order valence-electron chi connectivity index (χ1n) is 7.62. The van der Waals surface area contributed by atoms with Crippen LogP contribution in [-0.4, -0.2) is 28.0 Å². The number of aliphatic hydroxyl groups is 1. The average Bonchev–Trinajstić information content (AvgIpc) is 2.98. The molecule has 2 aromatic rings. The van der Waals surface area contributed by atoms with Crippen LogP contribution in [0.5, 0.6) is 0 Å². The standard InChI is InChI=1S/C17H25N3O/c1-3-17(4-2,14-21)13-18-16-10-19-20(12-16)11-15-8-6-5-7-9-15/h5-10,12,18,21H,3-4,11,13-14H2,1-2H3. The van der Waals surface area contributed by atoms with Gasteiger partial charge in [0.25, 0.3) is 0 Å². The van der Waals surface area contributed by atoms with Crippen molar-refractivity contribution in [3.05, 3.63) is 48.3 Å². The van der Waals surface area contributed by atoms with Crippen molar-refractivity contribution in [1.29, 1.82) is 0 Å². The molecule has 21 heavy (non-hydrogen) atoms. The van der Waals surface area contributed by atoms with E-state index in [1.54, 1.807) is 0 Å². The Morgan fingerprint density at radius 1 is 1.19 bits per heavy atom. The summed E-state index contributed by atoms with van der Waals surface area (Å²) in [5.74, 6) is 0. The van der Waals surface area contributed by atoms with Gasteiger partial charge < -0.3 is 10.4 Å². The van der Waals surface area contributed by atoms with Crippen LogP contribution in [0.4, 0.5) is 5.69 Å². The predicted octanol–water partition coefficient (Wildman–Crippen LogP) is 3.14. The summed E-state index contributed by atoms with van der Waals surface area (Å²) in [6.45, 7) is 6.01. The smallest absolute Gasteiger partial charge is 0.0726 e. The molecule has 2 N–H and O–H groups in total. The van der Waals surface area contributed by atoms with Gasteiger partial charge in [-0.25, -0.2) is 0 Å². The summed E-state index contributed by atoms with van der Waals surface area (Å²) in [5, 5.41) is 17.4. The lowest BCUT2D eigenvalue weighted by Gasteiger charge is -2.29. The molecule has 114 valence electrons. The highest BCUT2D eigenvalue weighted by atomic mass is 16.3. The summed E-state index contributed by atoms with van der Waals surface area (Å²) in [5.41, 5.74) is 2.20. The molecular formula is C17H25N3O. The van der Waals surface area contributed by atoms with Gasteiger partial charge in [0, 0.05) is 18.2 Å². The Kier molecular flexibility index (Phi) is 5.39. The molecule has 0 atom stereocenters. The molecule has 4 heteroatoms. The van der Waals surface area contributed by atoms with Crippen molar-refractivity contribution >= 4 is 5.69 Å². The third kappa shape index (κ3) is 4.08. The Labute approximate surface area is 126 Å². The van der Waals surface area contributed by atoms with Crippen molar-refractivity contribution in [2.24, 2.45) is 5.41 Å². The van der Waals surface area contributed by atoms with Crippen LogP contribution < -0.4 is 5.32 Å². The molecule has 0 fully saturated rings. The van der Waals surface area contributed by atoms with Crippen LogP contribution in [0.2, 0.25) is 0 Å². The molecule has 0 bridgehead atoms. The van der Waals surface area contributed by atoms with Crippen LogP contribution in [0.3, 0.4) is 0 Å². The van der Waals surface area contributed by atoms with E-state index in [9.17, 15) is 5.11 Å². The molecule has 0 amide bonds. The molecule has 0 saturated carbocycles. The minimum Gasteiger partial charge on any atom is -0.396 e. The second kappa shape index (κ2) is 7.27. The highest BCUT2D eigenvalue weighted by molar-refractivity contribution is 5.38. The number of hydrogen-bond donors (Lipinski definition) is 2. The van der Waals surface area contributed by atoms with Gasteiger partial charge in [0.05, 0.1) is 25.0 Å². The Balaban J connectivity index is 1.94. The van der Waals surface area contributed by atoms with E-state index in [0.717, 1.165) is 31.6 Å². The van der Waals surface area contributed by atoms with Crippen LogP contribution in [0.15, 0.2) is 42.7 Å². The van der Waals surface area contributed by atoms with Gasteiger partial charge in [0.1, 0.15) is 0 Å². The highest BCUT2D eigenvalue weighted by Crippen LogP contribution is 2.26. The van der Waals surface area contributed by atoms with Gasteiger partial charge in [0.2, 0.25) is 0 Å². The maximum Gasteiger partial charge on any atom is 0.0726 e. The van der Waals surface area contributed by atoms with Crippen LogP contribution in [0.25, 0.3) is 0 Å². The molecule has 0 aliphatic heterocycles. The number of nitrogens with zero attached hydrogens (tertiary/aromatic N) is 2. The zero-order chi connectivity index (χ0) is 15.1. The fourth-order valence-corrected chi connectivity index (χ4v) is 2.38. The minimum absolute atomic E-state index is 0.0401. The lowest BCUT2D eigenvalue weighted by Crippen LogP contribution is -2.32. The first-order valence-corrected chi connectivity index (χ1v) is 7.62. The van der Waals surface area contributed by atoms with Crippen LogP contribution >= 0.6 is 0 Å². The van der Waals surface area contributed by atoms with Crippen LogP contribution in [0, 0.1) is 5.41 Å². The molecular weight excluding hydrogens is 262 g/mol. The normalized spacial score (nSPS) is 11.6. The Morgan fingerprint density at radius 3 is 2.52 bits per heavy atom. The molecule has 0 spiro atoms. The fourth-order valence-electron chi connectivity index (χ4n) is 2.38. The third-order valence-electron chi connectivity index (χ3n) is 4.32. The van der Waals surface area contributed by atoms with E-state index in [1.807, 2.05) is 35.3 Å². The predicted molar refractivity (Wildman–Crippen MR) is 86.4 cm³/mol. The topological polar surface area (TPSA) is 50.1 Å². The van der Waals surface area contributed by atoms with Crippen LogP contribution in [-0.2, 0) is 6.54 Å². The van der Waals surface area contributed by atoms with Gasteiger partial charge in [-0.05, 0) is 18.4 Å². The molecule has 1 heterocycles. The van der Waals surface area contributed by atoms with Crippen molar-refractivity contribution in [3.63, 3.8) is 0 Å². The van der Waals surface area contributed by atoms with Gasteiger partial charge in [0.15, 0.2) is 0 Å². The quantitative estimate of drug-likeness (QED) is 0.784. The Morgan fingerprint density at radius 2 is 1.90 bits per heavy atom. The molecule has 1 aromatic carbocycles. The summed E-state index contributed by atoms with van der Waals surface area (Å²) in [7, 11) is 0. The number of aromatic nitrogens is 2. The maximum absolute atomic E-state index is 9.59. The van der Waals surface area contributed by atoms with E-state index in [-0.39, 0.29) is 12.0 Å². The van der Waals surface area contributed by atoms with E-state index >= 15 is 0 Å². The fraction of sp³-hybridized carbons (Fsp3) is 0.471. The number of aliphatic hydroxyl groups excluding tert-OH is 1. The number of nitrogens with one attached hydrogen (secondary N) is 1. The van der Waals surface area contributed by atoms with Gasteiger partial charge in [-0.2, -0.15) is 5.10 Å². The first kappa shape index (κ1) is 15.6. The molecule has 0 aliphatic carbocycles. The molecule has 0 radical (unpaired) electrons. The Bertz CT molecular complexity index is 524. The summed E-state index contributed by atoms with van der Waals surface area (Å²) >= 11 is 0. The SMILES string of the molecule is CCC(CC)(CO)CNc1cnn(Cc2ccccc2)c1. The van der Waals surface area contributed by atoms with E-state index in [4.69, 9.17) is 0 Å². The summed E-state index contributed by atoms with van der Waals surface area (Å²) in [4.78, 5) is 0. The van der Waals surface area contributed by atoms with Crippen molar-refractivity contribution < 1.29 is 5.11 Å². The zero-order valence-corrected chi connectivity index (χ0v) is 12.9. The van der Waals surface area contributed by atoms with E-state index < -0.39 is 0 Å². The highest BCUT2D eigenvalue weighted by Gasteiger charge is 2.24. The van der Waals surface area contributed by atoms with Crippen molar-refractivity contribution in [3.8, 4) is 0 Å². The van der Waals surface area contributed by atoms with E-state index in [0.29, 0.717) is 0 Å². The van der Waals surface area contributed by atoms with Crippen molar-refractivity contribution in [2.75, 3.05) is 18.5 Å². The van der Waals surface area contributed by atoms with Gasteiger partial charge in [-0.3, -0.25) is 4.68 Å². The molecule has 2 rings (SSSR count). The number of rotatable bonds is 8. The van der Waals surface area contributed by atoms with Gasteiger partial charge in [-0.15, -0.1) is 0 Å². The van der Waals surface area contributed by atoms with Crippen molar-refractivity contribution in [1.82, 2.24) is 9.78 Å². The molecule has 0 saturated heterocycles. The second-order valence-corrected chi connectivity index (χ2v) is 5.63. The average molecular weight is 287 g/mol. The molecule has 4 nitrogen and oxygen atoms in total. The van der Waals surface area contributed by atoms with E-state index in [2.05, 4.69) is 36.4 Å². The first-order chi connectivity index (χ1) is 10.2. The lowest BCUT2D eigenvalue weighted by atomic mass is 9.83. The number of benzene rings is 1. The summed E-state index contributed by atoms with van der Waals surface area (Å²) < 4.78 is 1.93.